The summed E-state index contributed by atoms with van der Waals surface area (Å²) in [7, 11) is 1.55. The average molecular weight is 535 g/mol. The van der Waals surface area contributed by atoms with E-state index < -0.39 is 28.9 Å². The van der Waals surface area contributed by atoms with Crippen molar-refractivity contribution >= 4 is 40.1 Å². The van der Waals surface area contributed by atoms with E-state index in [-0.39, 0.29) is 30.1 Å². The van der Waals surface area contributed by atoms with Gasteiger partial charge >= 0.3 is 11.1 Å². The summed E-state index contributed by atoms with van der Waals surface area (Å²) >= 11 is 6.37. The number of nitrogens with one attached hydrogen (secondary N) is 1. The molecule has 0 unspecified atom stereocenters. The van der Waals surface area contributed by atoms with E-state index in [4.69, 9.17) is 11.6 Å². The zero-order valence-electron chi connectivity index (χ0n) is 20.8. The second-order valence-corrected chi connectivity index (χ2v) is 10.8. The van der Waals surface area contributed by atoms with Crippen LogP contribution in [0, 0.1) is 17.8 Å². The van der Waals surface area contributed by atoms with E-state index in [0.717, 1.165) is 0 Å². The minimum Gasteiger partial charge on any atom is -0.393 e. The molecule has 2 aliphatic rings. The molecule has 1 aliphatic heterocycles. The van der Waals surface area contributed by atoms with Crippen LogP contribution in [0.5, 0.6) is 0 Å². The van der Waals surface area contributed by atoms with E-state index >= 15 is 0 Å². The zero-order chi connectivity index (χ0) is 26.6. The van der Waals surface area contributed by atoms with Crippen molar-refractivity contribution in [2.75, 3.05) is 23.3 Å². The highest BCUT2D eigenvalue weighted by Crippen LogP contribution is 2.39. The summed E-state index contributed by atoms with van der Waals surface area (Å²) in [5.41, 5.74) is 0.478. The van der Waals surface area contributed by atoms with Crippen molar-refractivity contribution in [3.8, 4) is 0 Å². The maximum absolute atomic E-state index is 14.3. The highest BCUT2D eigenvalue weighted by atomic mass is 35.5. The molecule has 2 fully saturated rings. The molecule has 1 saturated carbocycles. The van der Waals surface area contributed by atoms with Gasteiger partial charge in [0.25, 0.3) is 5.92 Å². The zero-order valence-corrected chi connectivity index (χ0v) is 21.5. The molecule has 12 heteroatoms. The van der Waals surface area contributed by atoms with Crippen molar-refractivity contribution < 1.29 is 13.9 Å². The summed E-state index contributed by atoms with van der Waals surface area (Å²) < 4.78 is 31.4. The third-order valence-corrected chi connectivity index (χ3v) is 7.87. The van der Waals surface area contributed by atoms with Gasteiger partial charge in [-0.05, 0) is 37.0 Å². The number of aliphatic hydroxyl groups excluding tert-OH is 1. The van der Waals surface area contributed by atoms with Gasteiger partial charge in [0.2, 0.25) is 5.95 Å². The molecule has 37 heavy (non-hydrogen) atoms. The predicted molar refractivity (Wildman–Crippen MR) is 138 cm³/mol. The smallest absolute Gasteiger partial charge is 0.316 e. The maximum atomic E-state index is 14.3. The van der Waals surface area contributed by atoms with Gasteiger partial charge in [-0.3, -0.25) is 9.59 Å². The molecular weight excluding hydrogens is 506 g/mol. The topological polar surface area (TPSA) is 105 Å². The first kappa shape index (κ1) is 25.6. The molecule has 3 heterocycles. The van der Waals surface area contributed by atoms with E-state index in [2.05, 4.69) is 15.3 Å². The fourth-order valence-electron chi connectivity index (χ4n) is 5.23. The van der Waals surface area contributed by atoms with Crippen LogP contribution in [0.25, 0.3) is 11.0 Å². The van der Waals surface area contributed by atoms with Crippen LogP contribution in [0.4, 0.5) is 26.2 Å². The molecule has 2 atom stereocenters. The largest absolute Gasteiger partial charge is 0.393 e. The van der Waals surface area contributed by atoms with Crippen LogP contribution >= 0.6 is 11.6 Å². The van der Waals surface area contributed by atoms with Gasteiger partial charge in [0.1, 0.15) is 5.02 Å². The first-order valence-electron chi connectivity index (χ1n) is 12.3. The average Bonchev–Trinajstić information content (AvgIpc) is 2.83. The number of benzene rings is 1. The van der Waals surface area contributed by atoms with Gasteiger partial charge in [0.05, 0.1) is 23.3 Å². The number of anilines is 3. The van der Waals surface area contributed by atoms with Gasteiger partial charge in [0.15, 0.2) is 5.82 Å². The third kappa shape index (κ3) is 4.59. The van der Waals surface area contributed by atoms with E-state index in [1.54, 1.807) is 30.1 Å². The Kier molecular flexibility index (Phi) is 6.47. The number of halogens is 3. The molecule has 3 aromatic rings. The molecule has 5 rings (SSSR count). The predicted octanol–water partition coefficient (Wildman–Crippen LogP) is 3.39. The van der Waals surface area contributed by atoms with Gasteiger partial charge in [0, 0.05) is 44.2 Å². The number of fused-ring (bicyclic) bond motifs is 1. The molecule has 198 valence electrons. The Balaban J connectivity index is 1.48. The van der Waals surface area contributed by atoms with E-state index in [1.165, 1.54) is 29.2 Å². The molecule has 1 aliphatic carbocycles. The van der Waals surface area contributed by atoms with Gasteiger partial charge < -0.3 is 24.5 Å². The monoisotopic (exact) mass is 534 g/mol. The van der Waals surface area contributed by atoms with Crippen molar-refractivity contribution in [3.63, 3.8) is 0 Å². The second kappa shape index (κ2) is 9.36. The van der Waals surface area contributed by atoms with Crippen LogP contribution in [0.1, 0.15) is 26.7 Å². The second-order valence-electron chi connectivity index (χ2n) is 10.3. The highest BCUT2D eigenvalue weighted by molar-refractivity contribution is 6.32. The lowest BCUT2D eigenvalue weighted by atomic mass is 9.82. The van der Waals surface area contributed by atoms with Crippen molar-refractivity contribution in [2.45, 2.75) is 45.3 Å². The highest BCUT2D eigenvalue weighted by Gasteiger charge is 2.47. The molecule has 0 spiro atoms. The Morgan fingerprint density at radius 2 is 1.81 bits per heavy atom. The van der Waals surface area contributed by atoms with Crippen LogP contribution in [0.2, 0.25) is 5.02 Å². The van der Waals surface area contributed by atoms with Crippen LogP contribution in [0.3, 0.4) is 0 Å². The fourth-order valence-corrected chi connectivity index (χ4v) is 5.37. The summed E-state index contributed by atoms with van der Waals surface area (Å²) in [6.07, 6.45) is 2.22. The Morgan fingerprint density at radius 3 is 2.46 bits per heavy atom. The van der Waals surface area contributed by atoms with Crippen molar-refractivity contribution in [1.29, 1.82) is 0 Å². The number of nitrogens with zero attached hydrogens (tertiary/aromatic N) is 5. The first-order chi connectivity index (χ1) is 17.5. The number of hydrogen-bond acceptors (Lipinski definition) is 7. The van der Waals surface area contributed by atoms with E-state index in [0.29, 0.717) is 47.9 Å². The number of aryl methyl sites for hydroxylation is 1. The number of piperidine rings is 1. The number of hydrogen-bond donors (Lipinski definition) is 2. The number of aromatic nitrogens is 4. The normalized spacial score (nSPS) is 25.2. The van der Waals surface area contributed by atoms with Crippen LogP contribution in [-0.4, -0.2) is 49.3 Å². The van der Waals surface area contributed by atoms with Crippen molar-refractivity contribution in [1.82, 2.24) is 19.1 Å². The van der Waals surface area contributed by atoms with Crippen molar-refractivity contribution in [3.05, 3.63) is 50.1 Å². The fraction of sp³-hybridized carbons (Fsp3) is 0.520. The summed E-state index contributed by atoms with van der Waals surface area (Å²) in [6, 6.07) is 5.22. The number of alkyl halides is 2. The van der Waals surface area contributed by atoms with Gasteiger partial charge in [-0.25, -0.2) is 13.8 Å². The third-order valence-electron chi connectivity index (χ3n) is 7.59. The van der Waals surface area contributed by atoms with Gasteiger partial charge in [-0.1, -0.05) is 25.4 Å². The minimum absolute atomic E-state index is 0.111. The summed E-state index contributed by atoms with van der Waals surface area (Å²) in [6.45, 7) is 3.60. The SMILES string of the molecule is C[C@@H]1CN(c2ncc(Cl)c(Nc3ccc4c(c3)n(C[C@H]3C[C@H](O)C3)c(=O)c(=O)n4C)n2)C[C@H](C)C1(F)F. The van der Waals surface area contributed by atoms with Gasteiger partial charge in [-0.2, -0.15) is 4.98 Å². The molecule has 2 N–H and O–H groups in total. The molecule has 1 saturated heterocycles. The number of aliphatic hydroxyl groups is 1. The minimum atomic E-state index is -2.76. The lowest BCUT2D eigenvalue weighted by Gasteiger charge is -2.41. The molecular formula is C25H29ClF2N6O3. The molecule has 0 amide bonds. The summed E-state index contributed by atoms with van der Waals surface area (Å²) in [5, 5.41) is 13.0. The molecule has 9 nitrogen and oxygen atoms in total. The summed E-state index contributed by atoms with van der Waals surface area (Å²) in [4.78, 5) is 35.9. The lowest BCUT2D eigenvalue weighted by Crippen LogP contribution is -2.52. The molecule has 2 aromatic heterocycles. The Morgan fingerprint density at radius 1 is 1.14 bits per heavy atom. The Bertz CT molecular complexity index is 1460. The Hall–Kier alpha value is -3.05. The lowest BCUT2D eigenvalue weighted by molar-refractivity contribution is -0.105. The molecule has 1 aromatic carbocycles. The van der Waals surface area contributed by atoms with Gasteiger partial charge in [-0.15, -0.1) is 0 Å². The van der Waals surface area contributed by atoms with E-state index in [9.17, 15) is 23.5 Å². The molecule has 0 bridgehead atoms. The van der Waals surface area contributed by atoms with Crippen LogP contribution < -0.4 is 21.3 Å². The standard InChI is InChI=1S/C25H29ClF2N6O3/c1-13-10-33(11-14(2)25(13,27)28)24-29-9-18(26)21(31-24)30-16-4-5-19-20(8-16)34(12-15-6-17(35)7-15)23(37)22(36)32(19)3/h4-5,8-9,13-15,17,35H,6-7,10-12H2,1-3H3,(H,29,30,31)/t13-,14+,15-,17-. The van der Waals surface area contributed by atoms with E-state index in [1.807, 2.05) is 0 Å². The maximum Gasteiger partial charge on any atom is 0.316 e. The number of rotatable bonds is 5. The van der Waals surface area contributed by atoms with Crippen LogP contribution in [0.15, 0.2) is 34.0 Å². The van der Waals surface area contributed by atoms with Crippen molar-refractivity contribution in [2.24, 2.45) is 24.8 Å². The Labute approximate surface area is 216 Å². The first-order valence-corrected chi connectivity index (χ1v) is 12.7. The summed E-state index contributed by atoms with van der Waals surface area (Å²) in [5.74, 6) is -3.77. The molecule has 0 radical (unpaired) electrons. The quantitative estimate of drug-likeness (QED) is 0.483. The van der Waals surface area contributed by atoms with Crippen LogP contribution in [-0.2, 0) is 13.6 Å².